The summed E-state index contributed by atoms with van der Waals surface area (Å²) in [5, 5.41) is 9.04. The first-order valence-corrected chi connectivity index (χ1v) is 4.92. The molecule has 0 N–H and O–H groups in total. The summed E-state index contributed by atoms with van der Waals surface area (Å²) < 4.78 is 4.77. The number of hydrogen-bond donors (Lipinski definition) is 0. The van der Waals surface area contributed by atoms with Gasteiger partial charge in [-0.3, -0.25) is 0 Å². The van der Waals surface area contributed by atoms with Crippen molar-refractivity contribution in [2.24, 2.45) is 0 Å². The van der Waals surface area contributed by atoms with Crippen LogP contribution >= 0.6 is 23.2 Å². The average molecular weight is 244 g/mol. The van der Waals surface area contributed by atoms with Crippen molar-refractivity contribution in [2.45, 2.75) is 6.92 Å². The Morgan fingerprint density at radius 1 is 1.53 bits per heavy atom. The largest absolute Gasteiger partial charge is 0.462 e. The van der Waals surface area contributed by atoms with E-state index in [9.17, 15) is 4.79 Å². The number of benzene rings is 1. The molecule has 0 atom stereocenters. The minimum atomic E-state index is -0.521. The first-order chi connectivity index (χ1) is 7.10. The quantitative estimate of drug-likeness (QED) is 0.751. The summed E-state index contributed by atoms with van der Waals surface area (Å²) in [4.78, 5) is 11.3. The van der Waals surface area contributed by atoms with E-state index < -0.39 is 5.97 Å². The smallest absolute Gasteiger partial charge is 0.338 e. The van der Waals surface area contributed by atoms with E-state index in [-0.39, 0.29) is 27.8 Å². The van der Waals surface area contributed by atoms with Crippen LogP contribution in [0.1, 0.15) is 22.8 Å². The van der Waals surface area contributed by atoms with Gasteiger partial charge in [0.1, 0.15) is 6.07 Å². The van der Waals surface area contributed by atoms with Crippen molar-refractivity contribution in [1.82, 2.24) is 0 Å². The lowest BCUT2D eigenvalue weighted by Gasteiger charge is -2.04. The lowest BCUT2D eigenvalue weighted by atomic mass is 10.1. The first-order valence-electron chi connectivity index (χ1n) is 4.16. The van der Waals surface area contributed by atoms with Crippen LogP contribution in [0.3, 0.4) is 0 Å². The van der Waals surface area contributed by atoms with Gasteiger partial charge >= 0.3 is 5.97 Å². The van der Waals surface area contributed by atoms with E-state index in [1.165, 1.54) is 12.1 Å². The van der Waals surface area contributed by atoms with Crippen LogP contribution < -0.4 is 0 Å². The third-order valence-corrected chi connectivity index (χ3v) is 2.46. The number of halogens is 2. The average Bonchev–Trinajstić information content (AvgIpc) is 2.22. The molecule has 0 aliphatic rings. The molecule has 0 bridgehead atoms. The number of carbonyl (C=O) groups is 1. The summed E-state index contributed by atoms with van der Waals surface area (Å²) in [7, 11) is 0. The van der Waals surface area contributed by atoms with Gasteiger partial charge in [0, 0.05) is 0 Å². The van der Waals surface area contributed by atoms with Crippen LogP contribution in [0.25, 0.3) is 0 Å². The first kappa shape index (κ1) is 11.8. The maximum atomic E-state index is 11.3. The SMILES string of the molecule is CCOC(=O)c1cc(Cl)c(Cl)c(C#N)c1. The Morgan fingerprint density at radius 2 is 2.20 bits per heavy atom. The molecule has 0 aliphatic carbocycles. The summed E-state index contributed by atoms with van der Waals surface area (Å²) in [6.07, 6.45) is 0. The molecule has 0 radical (unpaired) electrons. The van der Waals surface area contributed by atoms with Gasteiger partial charge in [-0.15, -0.1) is 0 Å². The Bertz CT molecular complexity index is 438. The highest BCUT2D eigenvalue weighted by atomic mass is 35.5. The van der Waals surface area contributed by atoms with Gasteiger partial charge in [0.2, 0.25) is 0 Å². The topological polar surface area (TPSA) is 50.1 Å². The molecule has 5 heteroatoms. The fourth-order valence-corrected chi connectivity index (χ4v) is 1.37. The number of nitriles is 1. The molecule has 0 saturated heterocycles. The number of rotatable bonds is 2. The Hall–Kier alpha value is -1.24. The highest BCUT2D eigenvalue weighted by molar-refractivity contribution is 6.42. The molecule has 0 spiro atoms. The monoisotopic (exact) mass is 243 g/mol. The van der Waals surface area contributed by atoms with E-state index in [4.69, 9.17) is 33.2 Å². The lowest BCUT2D eigenvalue weighted by molar-refractivity contribution is 0.0526. The molecule has 78 valence electrons. The second-order valence-corrected chi connectivity index (χ2v) is 3.44. The van der Waals surface area contributed by atoms with Crippen LogP contribution in [-0.2, 0) is 4.74 Å². The van der Waals surface area contributed by atoms with Crippen molar-refractivity contribution in [3.8, 4) is 6.07 Å². The van der Waals surface area contributed by atoms with E-state index in [2.05, 4.69) is 0 Å². The Balaban J connectivity index is 3.18. The van der Waals surface area contributed by atoms with Crippen LogP contribution in [-0.4, -0.2) is 12.6 Å². The zero-order chi connectivity index (χ0) is 11.4. The molecule has 0 aliphatic heterocycles. The Kier molecular flexibility index (Phi) is 3.96. The molecule has 0 fully saturated rings. The van der Waals surface area contributed by atoms with Gasteiger partial charge in [0.25, 0.3) is 0 Å². The van der Waals surface area contributed by atoms with Crippen molar-refractivity contribution in [1.29, 1.82) is 5.26 Å². The number of esters is 1. The molecule has 0 aromatic heterocycles. The predicted octanol–water partition coefficient (Wildman–Crippen LogP) is 3.04. The summed E-state index contributed by atoms with van der Waals surface area (Å²) in [5.74, 6) is -0.521. The van der Waals surface area contributed by atoms with E-state index in [1.54, 1.807) is 6.92 Å². The van der Waals surface area contributed by atoms with E-state index in [0.29, 0.717) is 0 Å². The Morgan fingerprint density at radius 3 is 2.73 bits per heavy atom. The maximum Gasteiger partial charge on any atom is 0.338 e. The molecule has 1 rings (SSSR count). The fourth-order valence-electron chi connectivity index (χ4n) is 1.00. The standard InChI is InChI=1S/C10H7Cl2NO2/c1-2-15-10(14)6-3-7(5-13)9(12)8(11)4-6/h3-4H,2H2,1H3. The van der Waals surface area contributed by atoms with Crippen LogP contribution in [0.5, 0.6) is 0 Å². The van der Waals surface area contributed by atoms with Crippen LogP contribution in [0.4, 0.5) is 0 Å². The van der Waals surface area contributed by atoms with Crippen LogP contribution in [0, 0.1) is 11.3 Å². The van der Waals surface area contributed by atoms with Gasteiger partial charge in [-0.1, -0.05) is 23.2 Å². The summed E-state index contributed by atoms with van der Waals surface area (Å²) in [5.41, 5.74) is 0.384. The van der Waals surface area contributed by atoms with Gasteiger partial charge in [0.15, 0.2) is 0 Å². The maximum absolute atomic E-state index is 11.3. The van der Waals surface area contributed by atoms with E-state index in [0.717, 1.165) is 0 Å². The molecule has 1 aromatic rings. The van der Waals surface area contributed by atoms with Gasteiger partial charge in [-0.05, 0) is 19.1 Å². The molecule has 0 heterocycles. The number of hydrogen-bond acceptors (Lipinski definition) is 3. The zero-order valence-corrected chi connectivity index (χ0v) is 9.39. The number of carbonyl (C=O) groups excluding carboxylic acids is 1. The molecular formula is C10H7Cl2NO2. The number of nitrogens with zero attached hydrogens (tertiary/aromatic N) is 1. The molecule has 15 heavy (non-hydrogen) atoms. The fraction of sp³-hybridized carbons (Fsp3) is 0.200. The van der Waals surface area contributed by atoms with Gasteiger partial charge in [-0.2, -0.15) is 5.26 Å². The highest BCUT2D eigenvalue weighted by Gasteiger charge is 2.13. The highest BCUT2D eigenvalue weighted by Crippen LogP contribution is 2.27. The summed E-state index contributed by atoms with van der Waals surface area (Å²) in [6.45, 7) is 1.96. The molecular weight excluding hydrogens is 237 g/mol. The van der Waals surface area contributed by atoms with Crippen molar-refractivity contribution in [3.63, 3.8) is 0 Å². The number of ether oxygens (including phenoxy) is 1. The second-order valence-electron chi connectivity index (χ2n) is 2.65. The minimum absolute atomic E-state index is 0.146. The molecule has 3 nitrogen and oxygen atoms in total. The van der Waals surface area contributed by atoms with Gasteiger partial charge in [-0.25, -0.2) is 4.79 Å². The van der Waals surface area contributed by atoms with Crippen molar-refractivity contribution < 1.29 is 9.53 Å². The predicted molar refractivity (Wildman–Crippen MR) is 57.1 cm³/mol. The second kappa shape index (κ2) is 5.01. The normalized spacial score (nSPS) is 9.47. The van der Waals surface area contributed by atoms with Crippen molar-refractivity contribution >= 4 is 29.2 Å². The summed E-state index contributed by atoms with van der Waals surface area (Å²) >= 11 is 11.5. The third kappa shape index (κ3) is 2.62. The van der Waals surface area contributed by atoms with E-state index >= 15 is 0 Å². The van der Waals surface area contributed by atoms with Gasteiger partial charge in [0.05, 0.1) is 27.8 Å². The summed E-state index contributed by atoms with van der Waals surface area (Å²) in [6, 6.07) is 4.58. The molecule has 0 saturated carbocycles. The zero-order valence-electron chi connectivity index (χ0n) is 7.88. The van der Waals surface area contributed by atoms with Crippen molar-refractivity contribution in [2.75, 3.05) is 6.61 Å². The molecule has 0 amide bonds. The van der Waals surface area contributed by atoms with E-state index in [1.807, 2.05) is 6.07 Å². The van der Waals surface area contributed by atoms with Crippen LogP contribution in [0.15, 0.2) is 12.1 Å². The van der Waals surface area contributed by atoms with Crippen LogP contribution in [0.2, 0.25) is 10.0 Å². The molecule has 1 aromatic carbocycles. The lowest BCUT2D eigenvalue weighted by Crippen LogP contribution is -2.05. The van der Waals surface area contributed by atoms with Gasteiger partial charge < -0.3 is 4.74 Å². The van der Waals surface area contributed by atoms with Crippen molar-refractivity contribution in [3.05, 3.63) is 33.3 Å². The minimum Gasteiger partial charge on any atom is -0.462 e. The third-order valence-electron chi connectivity index (χ3n) is 1.66. The Labute approximate surface area is 97.2 Å². The molecule has 0 unspecified atom stereocenters.